The number of hydrogen-bond donors (Lipinski definition) is 1. The SMILES string of the molecule is COCCOc1ccc(CNC(=O)c2cc(C)nc(CC(C)=O)c2)cn1. The number of nitrogens with one attached hydrogen (secondary N) is 1. The summed E-state index contributed by atoms with van der Waals surface area (Å²) in [6.07, 6.45) is 1.87. The third-order valence-corrected chi connectivity index (χ3v) is 3.49. The van der Waals surface area contributed by atoms with Crippen LogP contribution in [0.2, 0.25) is 0 Å². The molecule has 0 atom stereocenters. The van der Waals surface area contributed by atoms with Gasteiger partial charge >= 0.3 is 0 Å². The summed E-state index contributed by atoms with van der Waals surface area (Å²) in [4.78, 5) is 32.1. The molecule has 2 aromatic rings. The fraction of sp³-hybridized carbons (Fsp3) is 0.368. The van der Waals surface area contributed by atoms with E-state index in [2.05, 4.69) is 15.3 Å². The highest BCUT2D eigenvalue weighted by Crippen LogP contribution is 2.09. The summed E-state index contributed by atoms with van der Waals surface area (Å²) in [6.45, 7) is 4.57. The van der Waals surface area contributed by atoms with E-state index in [0.29, 0.717) is 42.6 Å². The first-order valence-corrected chi connectivity index (χ1v) is 8.30. The van der Waals surface area contributed by atoms with Crippen LogP contribution >= 0.6 is 0 Å². The van der Waals surface area contributed by atoms with Crippen molar-refractivity contribution in [2.24, 2.45) is 0 Å². The minimum atomic E-state index is -0.222. The fourth-order valence-corrected chi connectivity index (χ4v) is 2.33. The number of ketones is 1. The lowest BCUT2D eigenvalue weighted by Crippen LogP contribution is -2.23. The number of nitrogens with zero attached hydrogens (tertiary/aromatic N) is 2. The van der Waals surface area contributed by atoms with Gasteiger partial charge in [-0.25, -0.2) is 4.98 Å². The lowest BCUT2D eigenvalue weighted by Gasteiger charge is -2.09. The lowest BCUT2D eigenvalue weighted by molar-refractivity contribution is -0.116. The molecule has 0 aliphatic carbocycles. The third-order valence-electron chi connectivity index (χ3n) is 3.49. The Morgan fingerprint density at radius 1 is 1.19 bits per heavy atom. The highest BCUT2D eigenvalue weighted by Gasteiger charge is 2.10. The van der Waals surface area contributed by atoms with Gasteiger partial charge in [0.2, 0.25) is 5.88 Å². The first-order valence-electron chi connectivity index (χ1n) is 8.30. The zero-order valence-electron chi connectivity index (χ0n) is 15.2. The second-order valence-electron chi connectivity index (χ2n) is 5.90. The molecule has 0 fully saturated rings. The fourth-order valence-electron chi connectivity index (χ4n) is 2.33. The van der Waals surface area contributed by atoms with Crippen molar-refractivity contribution < 1.29 is 19.1 Å². The molecular weight excluding hydrogens is 334 g/mol. The number of rotatable bonds is 9. The molecule has 2 heterocycles. The van der Waals surface area contributed by atoms with Gasteiger partial charge < -0.3 is 14.8 Å². The molecule has 26 heavy (non-hydrogen) atoms. The van der Waals surface area contributed by atoms with Crippen molar-refractivity contribution in [3.8, 4) is 5.88 Å². The first-order chi connectivity index (χ1) is 12.5. The number of aryl methyl sites for hydroxylation is 1. The first kappa shape index (κ1) is 19.5. The maximum absolute atomic E-state index is 12.4. The molecule has 0 saturated carbocycles. The molecular formula is C19H23N3O4. The van der Waals surface area contributed by atoms with Crippen molar-refractivity contribution in [2.45, 2.75) is 26.8 Å². The Balaban J connectivity index is 1.93. The van der Waals surface area contributed by atoms with E-state index in [1.807, 2.05) is 6.07 Å². The quantitative estimate of drug-likeness (QED) is 0.689. The maximum Gasteiger partial charge on any atom is 0.251 e. The summed E-state index contributed by atoms with van der Waals surface area (Å²) in [5.41, 5.74) is 2.64. The van der Waals surface area contributed by atoms with Gasteiger partial charge in [0, 0.05) is 49.3 Å². The zero-order chi connectivity index (χ0) is 18.9. The van der Waals surface area contributed by atoms with Gasteiger partial charge in [-0.05, 0) is 31.5 Å². The molecule has 0 unspecified atom stereocenters. The van der Waals surface area contributed by atoms with Gasteiger partial charge in [-0.3, -0.25) is 14.6 Å². The molecule has 1 amide bonds. The van der Waals surface area contributed by atoms with Gasteiger partial charge in [-0.15, -0.1) is 0 Å². The summed E-state index contributed by atoms with van der Waals surface area (Å²) >= 11 is 0. The third kappa shape index (κ3) is 6.25. The molecule has 2 aromatic heterocycles. The highest BCUT2D eigenvalue weighted by atomic mass is 16.5. The molecule has 0 saturated heterocycles. The summed E-state index contributed by atoms with van der Waals surface area (Å²) in [6, 6.07) is 6.94. The average Bonchev–Trinajstić information content (AvgIpc) is 2.60. The monoisotopic (exact) mass is 357 g/mol. The van der Waals surface area contributed by atoms with Crippen LogP contribution in [-0.4, -0.2) is 42.0 Å². The van der Waals surface area contributed by atoms with Gasteiger partial charge in [0.25, 0.3) is 5.91 Å². The maximum atomic E-state index is 12.4. The molecule has 1 N–H and O–H groups in total. The minimum absolute atomic E-state index is 0.00772. The van der Waals surface area contributed by atoms with Gasteiger partial charge in [0.1, 0.15) is 12.4 Å². The Morgan fingerprint density at radius 3 is 2.65 bits per heavy atom. The van der Waals surface area contributed by atoms with E-state index in [4.69, 9.17) is 9.47 Å². The van der Waals surface area contributed by atoms with E-state index >= 15 is 0 Å². The van der Waals surface area contributed by atoms with Crippen LogP contribution in [0.25, 0.3) is 0 Å². The summed E-state index contributed by atoms with van der Waals surface area (Å²) in [7, 11) is 1.61. The standard InChI is InChI=1S/C19H23N3O4/c1-13-8-16(10-17(22-13)9-14(2)23)19(24)21-12-15-4-5-18(20-11-15)26-7-6-25-3/h4-5,8,10-11H,6-7,9,12H2,1-3H3,(H,21,24). The van der Waals surface area contributed by atoms with Crippen molar-refractivity contribution in [3.05, 3.63) is 53.0 Å². The van der Waals surface area contributed by atoms with E-state index in [1.165, 1.54) is 6.92 Å². The Labute approximate surface area is 152 Å². The van der Waals surface area contributed by atoms with Crippen LogP contribution in [-0.2, 0) is 22.5 Å². The summed E-state index contributed by atoms with van der Waals surface area (Å²) < 4.78 is 10.3. The molecule has 138 valence electrons. The Bertz CT molecular complexity index is 760. The Morgan fingerprint density at radius 2 is 2.00 bits per heavy atom. The van der Waals surface area contributed by atoms with Crippen molar-refractivity contribution in [2.75, 3.05) is 20.3 Å². The molecule has 0 aliphatic heterocycles. The topological polar surface area (TPSA) is 90.4 Å². The van der Waals surface area contributed by atoms with Crippen molar-refractivity contribution >= 4 is 11.7 Å². The van der Waals surface area contributed by atoms with Crippen molar-refractivity contribution in [3.63, 3.8) is 0 Å². The number of methoxy groups -OCH3 is 1. The molecule has 2 rings (SSSR count). The van der Waals surface area contributed by atoms with Gasteiger partial charge in [-0.1, -0.05) is 6.07 Å². The predicted octanol–water partition coefficient (Wildman–Crippen LogP) is 1.87. The molecule has 0 spiro atoms. The molecule has 7 nitrogen and oxygen atoms in total. The van der Waals surface area contributed by atoms with Crippen LogP contribution < -0.4 is 10.1 Å². The number of carbonyl (C=O) groups excluding carboxylic acids is 2. The lowest BCUT2D eigenvalue weighted by atomic mass is 10.1. The van der Waals surface area contributed by atoms with Crippen LogP contribution in [0.4, 0.5) is 0 Å². The second kappa shape index (κ2) is 9.62. The Kier molecular flexibility index (Phi) is 7.23. The van der Waals surface area contributed by atoms with Gasteiger partial charge in [-0.2, -0.15) is 0 Å². The zero-order valence-corrected chi connectivity index (χ0v) is 15.2. The van der Waals surface area contributed by atoms with E-state index in [-0.39, 0.29) is 18.1 Å². The van der Waals surface area contributed by atoms with Crippen LogP contribution in [0.5, 0.6) is 5.88 Å². The number of amides is 1. The van der Waals surface area contributed by atoms with E-state index < -0.39 is 0 Å². The van der Waals surface area contributed by atoms with Crippen molar-refractivity contribution in [1.82, 2.24) is 15.3 Å². The van der Waals surface area contributed by atoms with E-state index in [9.17, 15) is 9.59 Å². The van der Waals surface area contributed by atoms with Gasteiger partial charge in [0.15, 0.2) is 0 Å². The average molecular weight is 357 g/mol. The molecule has 7 heteroatoms. The molecule has 0 aliphatic rings. The van der Waals surface area contributed by atoms with Crippen LogP contribution in [0.3, 0.4) is 0 Å². The number of pyridine rings is 2. The van der Waals surface area contributed by atoms with Crippen LogP contribution in [0.1, 0.15) is 34.2 Å². The van der Waals surface area contributed by atoms with Gasteiger partial charge in [0.05, 0.1) is 6.61 Å². The number of Topliss-reactive ketones (excluding diaryl/α,β-unsaturated/α-hetero) is 1. The van der Waals surface area contributed by atoms with Crippen molar-refractivity contribution in [1.29, 1.82) is 0 Å². The number of hydrogen-bond acceptors (Lipinski definition) is 6. The van der Waals surface area contributed by atoms with E-state index in [0.717, 1.165) is 5.56 Å². The molecule has 0 radical (unpaired) electrons. The second-order valence-corrected chi connectivity index (χ2v) is 5.90. The number of carbonyl (C=O) groups is 2. The molecule has 0 bridgehead atoms. The van der Waals surface area contributed by atoms with E-state index in [1.54, 1.807) is 38.4 Å². The minimum Gasteiger partial charge on any atom is -0.475 e. The smallest absolute Gasteiger partial charge is 0.251 e. The number of ether oxygens (including phenoxy) is 2. The largest absolute Gasteiger partial charge is 0.475 e. The summed E-state index contributed by atoms with van der Waals surface area (Å²) in [5.74, 6) is 0.296. The summed E-state index contributed by atoms with van der Waals surface area (Å²) in [5, 5.41) is 2.84. The number of aromatic nitrogens is 2. The molecule has 0 aromatic carbocycles. The Hall–Kier alpha value is -2.80. The highest BCUT2D eigenvalue weighted by molar-refractivity contribution is 5.94. The predicted molar refractivity (Wildman–Crippen MR) is 96.1 cm³/mol. The van der Waals surface area contributed by atoms with Crippen LogP contribution in [0, 0.1) is 6.92 Å². The normalized spacial score (nSPS) is 10.4. The van der Waals surface area contributed by atoms with Crippen LogP contribution in [0.15, 0.2) is 30.5 Å².